The van der Waals surface area contributed by atoms with E-state index in [4.69, 9.17) is 4.74 Å². The van der Waals surface area contributed by atoms with E-state index in [1.165, 1.54) is 30.3 Å². The number of carboxylic acid groups (broad SMARTS) is 1. The molecule has 0 bridgehead atoms. The fourth-order valence-electron chi connectivity index (χ4n) is 3.00. The van der Waals surface area contributed by atoms with Crippen LogP contribution in [0, 0.1) is 17.0 Å². The van der Waals surface area contributed by atoms with Gasteiger partial charge in [-0.3, -0.25) is 10.1 Å². The number of hydrogen-bond donors (Lipinski definition) is 1. The van der Waals surface area contributed by atoms with Crippen LogP contribution >= 0.6 is 0 Å². The summed E-state index contributed by atoms with van der Waals surface area (Å²) in [5.41, 5.74) is 1.15. The first-order valence-electron chi connectivity index (χ1n) is 8.74. The minimum absolute atomic E-state index is 0.0122. The van der Waals surface area contributed by atoms with E-state index in [1.807, 2.05) is 19.1 Å². The standard InChI is InChI=1S/C21H13N3O6/c1-11-2-5-15-12(8-11)3-6-17(22-15)21(27)30-18-10-13-9-14(24(28)29)4-7-16(13)23-19(18)20(25)26/h2-10H,1H3,(H,25,26). The second-order valence-electron chi connectivity index (χ2n) is 6.56. The number of carbonyl (C=O) groups excluding carboxylic acids is 1. The average molecular weight is 403 g/mol. The molecule has 0 aliphatic rings. The molecule has 0 atom stereocenters. The van der Waals surface area contributed by atoms with E-state index >= 15 is 0 Å². The molecule has 0 aliphatic heterocycles. The number of nitro benzene ring substituents is 1. The highest BCUT2D eigenvalue weighted by Crippen LogP contribution is 2.27. The highest BCUT2D eigenvalue weighted by atomic mass is 16.6. The maximum Gasteiger partial charge on any atom is 0.362 e. The van der Waals surface area contributed by atoms with Gasteiger partial charge in [0, 0.05) is 22.9 Å². The van der Waals surface area contributed by atoms with E-state index in [1.54, 1.807) is 12.1 Å². The minimum Gasteiger partial charge on any atom is -0.476 e. The number of benzene rings is 2. The van der Waals surface area contributed by atoms with Gasteiger partial charge in [-0.1, -0.05) is 17.7 Å². The van der Waals surface area contributed by atoms with Gasteiger partial charge < -0.3 is 9.84 Å². The average Bonchev–Trinajstić information content (AvgIpc) is 2.72. The number of hydrogen-bond acceptors (Lipinski definition) is 7. The zero-order valence-electron chi connectivity index (χ0n) is 15.5. The summed E-state index contributed by atoms with van der Waals surface area (Å²) in [5, 5.41) is 21.5. The lowest BCUT2D eigenvalue weighted by Crippen LogP contribution is -2.14. The Kier molecular flexibility index (Phi) is 4.55. The molecule has 9 nitrogen and oxygen atoms in total. The number of fused-ring (bicyclic) bond motifs is 2. The van der Waals surface area contributed by atoms with Crippen LogP contribution < -0.4 is 4.74 Å². The lowest BCUT2D eigenvalue weighted by atomic mass is 10.1. The second-order valence-corrected chi connectivity index (χ2v) is 6.56. The van der Waals surface area contributed by atoms with Gasteiger partial charge in [0.2, 0.25) is 0 Å². The van der Waals surface area contributed by atoms with Crippen LogP contribution in [0.2, 0.25) is 0 Å². The summed E-state index contributed by atoms with van der Waals surface area (Å²) in [6.45, 7) is 1.94. The van der Waals surface area contributed by atoms with E-state index in [0.717, 1.165) is 10.9 Å². The van der Waals surface area contributed by atoms with Crippen molar-refractivity contribution in [1.29, 1.82) is 0 Å². The normalized spacial score (nSPS) is 10.8. The van der Waals surface area contributed by atoms with Crippen LogP contribution in [0.4, 0.5) is 5.69 Å². The molecule has 2 aromatic heterocycles. The Morgan fingerprint density at radius 3 is 2.43 bits per heavy atom. The molecular weight excluding hydrogens is 390 g/mol. The van der Waals surface area contributed by atoms with Crippen molar-refractivity contribution in [3.63, 3.8) is 0 Å². The number of non-ortho nitro benzene ring substituents is 1. The van der Waals surface area contributed by atoms with Crippen molar-refractivity contribution in [2.75, 3.05) is 0 Å². The van der Waals surface area contributed by atoms with Crippen molar-refractivity contribution >= 4 is 39.4 Å². The number of carbonyl (C=O) groups is 2. The van der Waals surface area contributed by atoms with Crippen LogP contribution in [0.25, 0.3) is 21.8 Å². The van der Waals surface area contributed by atoms with Crippen LogP contribution in [0.1, 0.15) is 26.5 Å². The third-order valence-electron chi connectivity index (χ3n) is 4.43. The molecule has 0 saturated carbocycles. The van der Waals surface area contributed by atoms with Gasteiger partial charge in [0.25, 0.3) is 5.69 Å². The Morgan fingerprint density at radius 2 is 1.70 bits per heavy atom. The Bertz CT molecular complexity index is 1370. The molecule has 148 valence electrons. The van der Waals surface area contributed by atoms with Crippen molar-refractivity contribution in [3.05, 3.63) is 81.7 Å². The Hall–Kier alpha value is -4.40. The smallest absolute Gasteiger partial charge is 0.362 e. The van der Waals surface area contributed by atoms with Crippen molar-refractivity contribution in [1.82, 2.24) is 9.97 Å². The van der Waals surface area contributed by atoms with Crippen LogP contribution in [0.3, 0.4) is 0 Å². The summed E-state index contributed by atoms with van der Waals surface area (Å²) < 4.78 is 5.26. The largest absolute Gasteiger partial charge is 0.476 e. The quantitative estimate of drug-likeness (QED) is 0.308. The van der Waals surface area contributed by atoms with E-state index < -0.39 is 22.6 Å². The molecule has 0 saturated heterocycles. The first kappa shape index (κ1) is 18.9. The van der Waals surface area contributed by atoms with Crippen molar-refractivity contribution in [2.45, 2.75) is 6.92 Å². The summed E-state index contributed by atoms with van der Waals surface area (Å²) in [7, 11) is 0. The van der Waals surface area contributed by atoms with Gasteiger partial charge in [-0.25, -0.2) is 19.6 Å². The van der Waals surface area contributed by atoms with Crippen molar-refractivity contribution in [3.8, 4) is 5.75 Å². The summed E-state index contributed by atoms with van der Waals surface area (Å²) in [6.07, 6.45) is 0. The third-order valence-corrected chi connectivity index (χ3v) is 4.43. The van der Waals surface area contributed by atoms with E-state index in [9.17, 15) is 24.8 Å². The van der Waals surface area contributed by atoms with E-state index in [-0.39, 0.29) is 28.0 Å². The van der Waals surface area contributed by atoms with Gasteiger partial charge in [-0.05, 0) is 37.3 Å². The number of nitro groups is 1. The molecule has 4 aromatic rings. The van der Waals surface area contributed by atoms with Gasteiger partial charge in [0.05, 0.1) is 16.0 Å². The van der Waals surface area contributed by atoms with Gasteiger partial charge >= 0.3 is 11.9 Å². The molecule has 0 radical (unpaired) electrons. The molecule has 2 heterocycles. The molecular formula is C21H13N3O6. The zero-order chi connectivity index (χ0) is 21.4. The van der Waals surface area contributed by atoms with E-state index in [0.29, 0.717) is 5.52 Å². The predicted octanol–water partition coefficient (Wildman–Crippen LogP) is 3.92. The molecule has 0 amide bonds. The molecule has 2 aromatic carbocycles. The number of rotatable bonds is 4. The molecule has 4 rings (SSSR count). The molecule has 30 heavy (non-hydrogen) atoms. The van der Waals surface area contributed by atoms with Gasteiger partial charge in [0.15, 0.2) is 11.4 Å². The summed E-state index contributed by atoms with van der Waals surface area (Å²) >= 11 is 0. The minimum atomic E-state index is -1.40. The number of aryl methyl sites for hydroxylation is 1. The maximum atomic E-state index is 12.6. The van der Waals surface area contributed by atoms with Crippen LogP contribution in [0.5, 0.6) is 5.75 Å². The number of aromatic nitrogens is 2. The Labute approximate surface area is 168 Å². The Balaban J connectivity index is 1.74. The number of carboxylic acids is 1. The number of nitrogens with zero attached hydrogens (tertiary/aromatic N) is 3. The first-order valence-corrected chi connectivity index (χ1v) is 8.74. The lowest BCUT2D eigenvalue weighted by molar-refractivity contribution is -0.384. The SMILES string of the molecule is Cc1ccc2nc(C(=O)Oc3cc4cc([N+](=O)[O-])ccc4nc3C(=O)O)ccc2c1. The van der Waals surface area contributed by atoms with Crippen molar-refractivity contribution in [2.24, 2.45) is 0 Å². The highest BCUT2D eigenvalue weighted by Gasteiger charge is 2.21. The topological polar surface area (TPSA) is 133 Å². The summed E-state index contributed by atoms with van der Waals surface area (Å²) in [4.78, 5) is 42.8. The lowest BCUT2D eigenvalue weighted by Gasteiger charge is -2.09. The maximum absolute atomic E-state index is 12.6. The summed E-state index contributed by atoms with van der Waals surface area (Å²) in [5.74, 6) is -2.60. The Morgan fingerprint density at radius 1 is 0.967 bits per heavy atom. The number of ether oxygens (including phenoxy) is 1. The van der Waals surface area contributed by atoms with Crippen molar-refractivity contribution < 1.29 is 24.4 Å². The molecule has 0 aliphatic carbocycles. The zero-order valence-corrected chi connectivity index (χ0v) is 15.5. The third kappa shape index (κ3) is 3.51. The molecule has 0 fully saturated rings. The van der Waals surface area contributed by atoms with Gasteiger partial charge in [-0.2, -0.15) is 0 Å². The molecule has 0 unspecified atom stereocenters. The first-order chi connectivity index (χ1) is 14.3. The summed E-state index contributed by atoms with van der Waals surface area (Å²) in [6, 6.07) is 13.7. The highest BCUT2D eigenvalue weighted by molar-refractivity contribution is 5.97. The number of esters is 1. The monoisotopic (exact) mass is 403 g/mol. The fourth-order valence-corrected chi connectivity index (χ4v) is 3.00. The second kappa shape index (κ2) is 7.21. The molecule has 1 N–H and O–H groups in total. The molecule has 0 spiro atoms. The van der Waals surface area contributed by atoms with E-state index in [2.05, 4.69) is 9.97 Å². The van der Waals surface area contributed by atoms with Crippen LogP contribution in [-0.4, -0.2) is 31.9 Å². The fraction of sp³-hybridized carbons (Fsp3) is 0.0476. The van der Waals surface area contributed by atoms with Gasteiger partial charge in [0.1, 0.15) is 5.69 Å². The van der Waals surface area contributed by atoms with Crippen LogP contribution in [-0.2, 0) is 0 Å². The predicted molar refractivity (Wildman–Crippen MR) is 107 cm³/mol. The number of aromatic carboxylic acids is 1. The molecule has 9 heteroatoms. The van der Waals surface area contributed by atoms with Gasteiger partial charge in [-0.15, -0.1) is 0 Å². The number of pyridine rings is 2. The van der Waals surface area contributed by atoms with Crippen LogP contribution in [0.15, 0.2) is 54.6 Å².